The summed E-state index contributed by atoms with van der Waals surface area (Å²) in [6.07, 6.45) is 0. The zero-order valence-corrected chi connectivity index (χ0v) is 13.8. The van der Waals surface area contributed by atoms with Gasteiger partial charge >= 0.3 is 0 Å². The van der Waals surface area contributed by atoms with Crippen molar-refractivity contribution < 1.29 is 9.47 Å². The fraction of sp³-hybridized carbons (Fsp3) is 0.158. The van der Waals surface area contributed by atoms with Crippen molar-refractivity contribution >= 4 is 11.3 Å². The summed E-state index contributed by atoms with van der Waals surface area (Å²) in [5.41, 5.74) is 8.47. The van der Waals surface area contributed by atoms with Crippen molar-refractivity contribution in [2.75, 3.05) is 7.11 Å². The number of nitrogens with two attached hydrogens (primary N) is 1. The monoisotopic (exact) mass is 325 g/mol. The SMILES string of the molecule is COc1ccc([C@@H](N)c2cccs2)cc1OCc1ccccc1. The zero-order chi connectivity index (χ0) is 16.1. The highest BCUT2D eigenvalue weighted by molar-refractivity contribution is 7.10. The fourth-order valence-electron chi connectivity index (χ4n) is 2.37. The molecule has 0 saturated heterocycles. The average Bonchev–Trinajstić information content (AvgIpc) is 3.14. The Morgan fingerprint density at radius 3 is 2.52 bits per heavy atom. The predicted octanol–water partition coefficient (Wildman–Crippen LogP) is 4.38. The summed E-state index contributed by atoms with van der Waals surface area (Å²) in [6.45, 7) is 0.495. The molecule has 0 radical (unpaired) electrons. The number of hydrogen-bond acceptors (Lipinski definition) is 4. The Morgan fingerprint density at radius 1 is 1.00 bits per heavy atom. The molecule has 0 bridgehead atoms. The van der Waals surface area contributed by atoms with Gasteiger partial charge in [-0.25, -0.2) is 0 Å². The van der Waals surface area contributed by atoms with Crippen LogP contribution in [0.2, 0.25) is 0 Å². The third kappa shape index (κ3) is 3.73. The lowest BCUT2D eigenvalue weighted by Crippen LogP contribution is -2.10. The first-order chi connectivity index (χ1) is 11.3. The lowest BCUT2D eigenvalue weighted by atomic mass is 10.1. The molecule has 0 aliphatic rings. The Morgan fingerprint density at radius 2 is 1.83 bits per heavy atom. The third-order valence-electron chi connectivity index (χ3n) is 3.63. The van der Waals surface area contributed by atoms with E-state index in [2.05, 4.69) is 0 Å². The largest absolute Gasteiger partial charge is 0.493 e. The van der Waals surface area contributed by atoms with Gasteiger partial charge in [0.25, 0.3) is 0 Å². The minimum atomic E-state index is -0.153. The van der Waals surface area contributed by atoms with Crippen LogP contribution in [0.3, 0.4) is 0 Å². The molecule has 0 fully saturated rings. The second-order valence-electron chi connectivity index (χ2n) is 5.18. The number of thiophene rings is 1. The number of methoxy groups -OCH3 is 1. The molecule has 3 nitrogen and oxygen atoms in total. The minimum absolute atomic E-state index is 0.153. The van der Waals surface area contributed by atoms with Crippen LogP contribution in [-0.2, 0) is 6.61 Å². The summed E-state index contributed by atoms with van der Waals surface area (Å²) in [4.78, 5) is 1.13. The van der Waals surface area contributed by atoms with Gasteiger partial charge in [-0.05, 0) is 34.7 Å². The van der Waals surface area contributed by atoms with E-state index in [-0.39, 0.29) is 6.04 Å². The molecule has 0 aliphatic carbocycles. The lowest BCUT2D eigenvalue weighted by Gasteiger charge is -2.15. The smallest absolute Gasteiger partial charge is 0.162 e. The van der Waals surface area contributed by atoms with Gasteiger partial charge in [0.1, 0.15) is 6.61 Å². The van der Waals surface area contributed by atoms with Crippen molar-refractivity contribution in [2.45, 2.75) is 12.6 Å². The second-order valence-corrected chi connectivity index (χ2v) is 6.16. The summed E-state index contributed by atoms with van der Waals surface area (Å²) >= 11 is 1.65. The van der Waals surface area contributed by atoms with Gasteiger partial charge in [-0.1, -0.05) is 42.5 Å². The third-order valence-corrected chi connectivity index (χ3v) is 4.59. The van der Waals surface area contributed by atoms with Gasteiger partial charge < -0.3 is 15.2 Å². The minimum Gasteiger partial charge on any atom is -0.493 e. The Hall–Kier alpha value is -2.30. The average molecular weight is 325 g/mol. The fourth-order valence-corrected chi connectivity index (χ4v) is 3.12. The lowest BCUT2D eigenvalue weighted by molar-refractivity contribution is 0.284. The molecular weight excluding hydrogens is 306 g/mol. The van der Waals surface area contributed by atoms with E-state index in [1.165, 1.54) is 0 Å². The molecule has 118 valence electrons. The molecule has 4 heteroatoms. The molecule has 3 rings (SSSR count). The molecule has 0 saturated carbocycles. The van der Waals surface area contributed by atoms with E-state index < -0.39 is 0 Å². The number of ether oxygens (including phenoxy) is 2. The predicted molar refractivity (Wildman–Crippen MR) is 94.1 cm³/mol. The second kappa shape index (κ2) is 7.31. The van der Waals surface area contributed by atoms with Crippen LogP contribution in [0.4, 0.5) is 0 Å². The molecule has 1 atom stereocenters. The van der Waals surface area contributed by atoms with Crippen molar-refractivity contribution in [3.8, 4) is 11.5 Å². The van der Waals surface area contributed by atoms with Crippen molar-refractivity contribution in [3.05, 3.63) is 82.0 Å². The van der Waals surface area contributed by atoms with Crippen molar-refractivity contribution in [2.24, 2.45) is 5.73 Å². The van der Waals surface area contributed by atoms with E-state index in [1.54, 1.807) is 18.4 Å². The normalized spacial score (nSPS) is 11.9. The van der Waals surface area contributed by atoms with E-state index in [4.69, 9.17) is 15.2 Å². The van der Waals surface area contributed by atoms with Crippen molar-refractivity contribution in [3.63, 3.8) is 0 Å². The molecular formula is C19H19NO2S. The van der Waals surface area contributed by atoms with Crippen LogP contribution in [-0.4, -0.2) is 7.11 Å². The molecule has 23 heavy (non-hydrogen) atoms. The molecule has 2 N–H and O–H groups in total. The molecule has 2 aromatic carbocycles. The van der Waals surface area contributed by atoms with Gasteiger partial charge in [0.05, 0.1) is 13.2 Å². The topological polar surface area (TPSA) is 44.5 Å². The Labute approximate surface area is 140 Å². The van der Waals surface area contributed by atoms with Gasteiger partial charge in [0, 0.05) is 4.88 Å². The van der Waals surface area contributed by atoms with Crippen LogP contribution in [0.5, 0.6) is 11.5 Å². The highest BCUT2D eigenvalue weighted by Gasteiger charge is 2.13. The van der Waals surface area contributed by atoms with Crippen LogP contribution >= 0.6 is 11.3 Å². The van der Waals surface area contributed by atoms with E-state index in [0.717, 1.165) is 16.0 Å². The zero-order valence-electron chi connectivity index (χ0n) is 12.9. The number of benzene rings is 2. The maximum Gasteiger partial charge on any atom is 0.162 e. The molecule has 1 heterocycles. The van der Waals surface area contributed by atoms with E-state index in [9.17, 15) is 0 Å². The standard InChI is InChI=1S/C19H19NO2S/c1-21-16-10-9-15(19(20)18-8-5-11-23-18)12-17(16)22-13-14-6-3-2-4-7-14/h2-12,19H,13,20H2,1H3/t19-/m1/s1. The Kier molecular flexibility index (Phi) is 4.95. The Balaban J connectivity index is 1.81. The van der Waals surface area contributed by atoms with Crippen LogP contribution in [0.1, 0.15) is 22.0 Å². The highest BCUT2D eigenvalue weighted by Crippen LogP contribution is 2.33. The van der Waals surface area contributed by atoms with Gasteiger partial charge in [0.15, 0.2) is 11.5 Å². The number of hydrogen-bond donors (Lipinski definition) is 1. The van der Waals surface area contributed by atoms with Crippen LogP contribution in [0, 0.1) is 0 Å². The van der Waals surface area contributed by atoms with Gasteiger partial charge in [-0.15, -0.1) is 11.3 Å². The molecule has 3 aromatic rings. The molecule has 0 aliphatic heterocycles. The summed E-state index contributed by atoms with van der Waals surface area (Å²) in [5.74, 6) is 1.42. The van der Waals surface area contributed by atoms with Gasteiger partial charge in [0.2, 0.25) is 0 Å². The highest BCUT2D eigenvalue weighted by atomic mass is 32.1. The van der Waals surface area contributed by atoms with Crippen molar-refractivity contribution in [1.29, 1.82) is 0 Å². The summed E-state index contributed by atoms with van der Waals surface area (Å²) in [7, 11) is 1.64. The maximum absolute atomic E-state index is 6.34. The number of rotatable bonds is 6. The molecule has 1 aromatic heterocycles. The Bertz CT molecular complexity index is 741. The van der Waals surface area contributed by atoms with Crippen LogP contribution in [0.15, 0.2) is 66.0 Å². The first kappa shape index (κ1) is 15.6. The maximum atomic E-state index is 6.34. The van der Waals surface area contributed by atoms with E-state index in [0.29, 0.717) is 18.1 Å². The van der Waals surface area contributed by atoms with Crippen LogP contribution in [0.25, 0.3) is 0 Å². The van der Waals surface area contributed by atoms with Gasteiger partial charge in [-0.3, -0.25) is 0 Å². The molecule has 0 unspecified atom stereocenters. The first-order valence-electron chi connectivity index (χ1n) is 7.41. The summed E-state index contributed by atoms with van der Waals surface area (Å²) in [5, 5.41) is 2.03. The van der Waals surface area contributed by atoms with E-state index >= 15 is 0 Å². The molecule has 0 spiro atoms. The summed E-state index contributed by atoms with van der Waals surface area (Å²) in [6, 6.07) is 19.8. The van der Waals surface area contributed by atoms with Gasteiger partial charge in [-0.2, -0.15) is 0 Å². The molecule has 0 amide bonds. The van der Waals surface area contributed by atoms with E-state index in [1.807, 2.05) is 66.0 Å². The summed E-state index contributed by atoms with van der Waals surface area (Å²) < 4.78 is 11.3. The quantitative estimate of drug-likeness (QED) is 0.731. The van der Waals surface area contributed by atoms with Crippen molar-refractivity contribution in [1.82, 2.24) is 0 Å². The van der Waals surface area contributed by atoms with Crippen LogP contribution < -0.4 is 15.2 Å². The first-order valence-corrected chi connectivity index (χ1v) is 8.29.